The molecule has 0 bridgehead atoms. The summed E-state index contributed by atoms with van der Waals surface area (Å²) < 4.78 is 0.953. The van der Waals surface area contributed by atoms with Crippen molar-refractivity contribution in [1.29, 1.82) is 0 Å². The van der Waals surface area contributed by atoms with Crippen molar-refractivity contribution in [2.24, 2.45) is 0 Å². The van der Waals surface area contributed by atoms with E-state index >= 15 is 0 Å². The quantitative estimate of drug-likeness (QED) is 0.683. The fourth-order valence-corrected chi connectivity index (χ4v) is 4.59. The lowest BCUT2D eigenvalue weighted by Gasteiger charge is -2.38. The number of fused-ring (bicyclic) bond motifs is 2. The van der Waals surface area contributed by atoms with Crippen molar-refractivity contribution in [2.75, 3.05) is 0 Å². The highest BCUT2D eigenvalue weighted by molar-refractivity contribution is 9.10. The summed E-state index contributed by atoms with van der Waals surface area (Å²) in [4.78, 5) is 12.8. The van der Waals surface area contributed by atoms with Gasteiger partial charge in [0.15, 0.2) is 5.11 Å². The summed E-state index contributed by atoms with van der Waals surface area (Å²) in [5, 5.41) is 7.09. The van der Waals surface area contributed by atoms with Gasteiger partial charge in [-0.3, -0.25) is 4.79 Å². The molecule has 2 aromatic rings. The molecule has 24 heavy (non-hydrogen) atoms. The van der Waals surface area contributed by atoms with Crippen LogP contribution >= 0.6 is 39.7 Å². The highest BCUT2D eigenvalue weighted by Gasteiger charge is 2.51. The molecule has 0 saturated carbocycles. The van der Waals surface area contributed by atoms with Crippen molar-refractivity contribution in [3.8, 4) is 0 Å². The van der Waals surface area contributed by atoms with Gasteiger partial charge < -0.3 is 10.6 Å². The first-order chi connectivity index (χ1) is 11.5. The number of carbonyl (C=O) groups excluding carboxylic acids is 1. The summed E-state index contributed by atoms with van der Waals surface area (Å²) in [5.41, 5.74) is 2.47. The number of hydrogen-bond donors (Lipinski definition) is 2. The molecule has 2 unspecified atom stereocenters. The van der Waals surface area contributed by atoms with Crippen LogP contribution in [0.3, 0.4) is 0 Å². The zero-order valence-corrected chi connectivity index (χ0v) is 15.8. The predicted molar refractivity (Wildman–Crippen MR) is 102 cm³/mol. The Bertz CT molecular complexity index is 872. The summed E-state index contributed by atoms with van der Waals surface area (Å²) in [6.45, 7) is 0. The molecule has 1 aliphatic carbocycles. The lowest BCUT2D eigenvalue weighted by Crippen LogP contribution is -2.48. The highest BCUT2D eigenvalue weighted by atomic mass is 79.9. The molecule has 3 nitrogen and oxygen atoms in total. The van der Waals surface area contributed by atoms with E-state index in [4.69, 9.17) is 23.8 Å². The van der Waals surface area contributed by atoms with Crippen LogP contribution in [0.25, 0.3) is 0 Å². The Morgan fingerprint density at radius 3 is 2.79 bits per heavy atom. The van der Waals surface area contributed by atoms with Crippen LogP contribution in [0.2, 0.25) is 5.02 Å². The van der Waals surface area contributed by atoms with E-state index in [-0.39, 0.29) is 11.8 Å². The first kappa shape index (κ1) is 16.1. The first-order valence-electron chi connectivity index (χ1n) is 7.66. The van der Waals surface area contributed by atoms with E-state index in [2.05, 4.69) is 38.7 Å². The number of halogens is 2. The van der Waals surface area contributed by atoms with Gasteiger partial charge in [-0.25, -0.2) is 0 Å². The fourth-order valence-electron chi connectivity index (χ4n) is 3.76. The Hall–Kier alpha value is -1.43. The third-order valence-electron chi connectivity index (χ3n) is 4.81. The molecule has 1 amide bonds. The van der Waals surface area contributed by atoms with Crippen molar-refractivity contribution in [2.45, 2.75) is 24.3 Å². The van der Waals surface area contributed by atoms with Crippen LogP contribution in [0.5, 0.6) is 0 Å². The zero-order valence-electron chi connectivity index (χ0n) is 12.6. The smallest absolute Gasteiger partial charge is 0.256 e. The molecule has 2 aliphatic rings. The molecule has 2 aromatic carbocycles. The molecule has 1 saturated heterocycles. The van der Waals surface area contributed by atoms with Gasteiger partial charge in [0, 0.05) is 9.50 Å². The second kappa shape index (κ2) is 5.83. The number of thiocarbonyl (C=S) groups is 1. The van der Waals surface area contributed by atoms with Crippen molar-refractivity contribution < 1.29 is 4.79 Å². The molecule has 1 fully saturated rings. The second-order valence-electron chi connectivity index (χ2n) is 6.28. The van der Waals surface area contributed by atoms with Crippen molar-refractivity contribution in [1.82, 2.24) is 10.6 Å². The van der Waals surface area contributed by atoms with E-state index in [1.54, 1.807) is 0 Å². The number of hydrogen-bond acceptors (Lipinski definition) is 2. The zero-order chi connectivity index (χ0) is 16.9. The summed E-state index contributed by atoms with van der Waals surface area (Å²) in [5.74, 6) is 0.107. The van der Waals surface area contributed by atoms with Gasteiger partial charge in [-0.1, -0.05) is 45.7 Å². The Kier molecular flexibility index (Phi) is 3.90. The van der Waals surface area contributed by atoms with Crippen molar-refractivity contribution >= 4 is 50.8 Å². The largest absolute Gasteiger partial charge is 0.344 e. The van der Waals surface area contributed by atoms with Crippen molar-refractivity contribution in [3.63, 3.8) is 0 Å². The van der Waals surface area contributed by atoms with E-state index < -0.39 is 5.54 Å². The molecule has 4 rings (SSSR count). The van der Waals surface area contributed by atoms with Gasteiger partial charge in [0.05, 0.1) is 0 Å². The molecule has 0 aromatic heterocycles. The van der Waals surface area contributed by atoms with E-state index in [1.165, 1.54) is 0 Å². The molecule has 122 valence electrons. The van der Waals surface area contributed by atoms with Gasteiger partial charge in [0.2, 0.25) is 0 Å². The van der Waals surface area contributed by atoms with E-state index in [9.17, 15) is 4.79 Å². The maximum atomic E-state index is 12.8. The molecule has 1 spiro atoms. The summed E-state index contributed by atoms with van der Waals surface area (Å²) in [6, 6.07) is 14.0. The molecule has 2 N–H and O–H groups in total. The maximum Gasteiger partial charge on any atom is 0.256 e. The minimum Gasteiger partial charge on any atom is -0.344 e. The molecule has 2 atom stereocenters. The van der Waals surface area contributed by atoms with E-state index in [0.29, 0.717) is 16.6 Å². The maximum absolute atomic E-state index is 12.8. The Morgan fingerprint density at radius 2 is 2.08 bits per heavy atom. The topological polar surface area (TPSA) is 41.1 Å². The van der Waals surface area contributed by atoms with Crippen LogP contribution in [-0.4, -0.2) is 11.0 Å². The fraction of sp³-hybridized carbons (Fsp3) is 0.222. The van der Waals surface area contributed by atoms with Gasteiger partial charge in [0.25, 0.3) is 5.91 Å². The number of benzene rings is 2. The van der Waals surface area contributed by atoms with Crippen LogP contribution in [0.1, 0.15) is 29.0 Å². The lowest BCUT2D eigenvalue weighted by molar-refractivity contribution is -0.125. The first-order valence-corrected chi connectivity index (χ1v) is 9.24. The highest BCUT2D eigenvalue weighted by Crippen LogP contribution is 2.45. The Labute approximate surface area is 158 Å². The standard InChI is InChI=1S/C18H14BrClN2OS/c19-13-5-4-11-6-12(10-2-1-3-14(20)7-10)9-18(15(11)8-13)16(23)21-17(24)22-18/h1-5,7-8,12H,6,9H2,(H2,21,22,23,24). The molecular formula is C18H14BrClN2OS. The second-order valence-corrected chi connectivity index (χ2v) is 8.04. The van der Waals surface area contributed by atoms with Crippen LogP contribution in [0.15, 0.2) is 46.9 Å². The van der Waals surface area contributed by atoms with E-state index in [1.807, 2.05) is 30.3 Å². The van der Waals surface area contributed by atoms with Gasteiger partial charge in [0.1, 0.15) is 5.54 Å². The SMILES string of the molecule is O=C1NC(=S)NC12CC(c1cccc(Cl)c1)Cc1ccc(Br)cc12. The Morgan fingerprint density at radius 1 is 1.25 bits per heavy atom. The normalized spacial score (nSPS) is 25.3. The number of rotatable bonds is 1. The minimum absolute atomic E-state index is 0.0846. The molecule has 0 radical (unpaired) electrons. The number of carbonyl (C=O) groups is 1. The molecule has 1 heterocycles. The number of nitrogens with one attached hydrogen (secondary N) is 2. The predicted octanol–water partition coefficient (Wildman–Crippen LogP) is 4.03. The van der Waals surface area contributed by atoms with Crippen LogP contribution in [0, 0.1) is 0 Å². The van der Waals surface area contributed by atoms with Crippen LogP contribution in [-0.2, 0) is 16.8 Å². The van der Waals surface area contributed by atoms with Gasteiger partial charge >= 0.3 is 0 Å². The summed E-state index contributed by atoms with van der Waals surface area (Å²) in [7, 11) is 0. The third kappa shape index (κ3) is 2.55. The molecule has 6 heteroatoms. The summed E-state index contributed by atoms with van der Waals surface area (Å²) in [6.07, 6.45) is 1.51. The van der Waals surface area contributed by atoms with Crippen LogP contribution in [0.4, 0.5) is 0 Å². The molecule has 1 aliphatic heterocycles. The monoisotopic (exact) mass is 420 g/mol. The van der Waals surface area contributed by atoms with Gasteiger partial charge in [-0.15, -0.1) is 0 Å². The average Bonchev–Trinajstić information content (AvgIpc) is 2.82. The van der Waals surface area contributed by atoms with Gasteiger partial charge in [-0.05, 0) is 71.9 Å². The average molecular weight is 422 g/mol. The summed E-state index contributed by atoms with van der Waals surface area (Å²) >= 11 is 14.9. The van der Waals surface area contributed by atoms with Gasteiger partial charge in [-0.2, -0.15) is 0 Å². The minimum atomic E-state index is -0.818. The third-order valence-corrected chi connectivity index (χ3v) is 5.74. The lowest BCUT2D eigenvalue weighted by atomic mass is 9.69. The number of amides is 1. The Balaban J connectivity index is 1.86. The van der Waals surface area contributed by atoms with E-state index in [0.717, 1.165) is 27.6 Å². The molecular weight excluding hydrogens is 408 g/mol. The van der Waals surface area contributed by atoms with Crippen molar-refractivity contribution in [3.05, 3.63) is 68.7 Å². The van der Waals surface area contributed by atoms with Crippen LogP contribution < -0.4 is 10.6 Å².